The van der Waals surface area contributed by atoms with Gasteiger partial charge in [-0.1, -0.05) is 60.7 Å². The van der Waals surface area contributed by atoms with E-state index in [9.17, 15) is 18.8 Å². The Bertz CT molecular complexity index is 1370. The maximum Gasteiger partial charge on any atom is 0.352 e. The molecule has 0 aliphatic heterocycles. The van der Waals surface area contributed by atoms with E-state index in [1.54, 1.807) is 36.4 Å². The number of aromatic nitrogens is 3. The van der Waals surface area contributed by atoms with E-state index in [-0.39, 0.29) is 13.1 Å². The van der Waals surface area contributed by atoms with Gasteiger partial charge in [0.15, 0.2) is 0 Å². The van der Waals surface area contributed by atoms with Gasteiger partial charge in [-0.25, -0.2) is 9.18 Å². The Kier molecular flexibility index (Phi) is 6.03. The lowest BCUT2D eigenvalue weighted by molar-refractivity contribution is 0.0941. The molecule has 0 radical (unpaired) electrons. The van der Waals surface area contributed by atoms with E-state index in [1.807, 2.05) is 30.3 Å². The van der Waals surface area contributed by atoms with Crippen LogP contribution < -0.4 is 16.6 Å². The molecule has 0 fully saturated rings. The van der Waals surface area contributed by atoms with Crippen molar-refractivity contribution in [2.75, 3.05) is 0 Å². The standard InChI is InChI=1S/C24H19FN4O3/c25-19-11-7-10-18(14-19)16-28-23(31)21(22(30)26-15-17-8-3-1-4-9-17)27-29(24(28)32)20-12-5-2-6-13-20/h1-14H,15-16H2,(H,26,30). The number of halogens is 1. The first-order valence-corrected chi connectivity index (χ1v) is 9.89. The topological polar surface area (TPSA) is 86.0 Å². The molecule has 0 spiro atoms. The number of amides is 1. The van der Waals surface area contributed by atoms with Crippen LogP contribution in [0.15, 0.2) is 94.5 Å². The molecule has 0 aliphatic rings. The molecule has 7 nitrogen and oxygen atoms in total. The molecule has 0 bridgehead atoms. The first-order valence-electron chi connectivity index (χ1n) is 9.89. The summed E-state index contributed by atoms with van der Waals surface area (Å²) >= 11 is 0. The Hall–Kier alpha value is -4.33. The molecule has 4 aromatic rings. The Morgan fingerprint density at radius 3 is 2.22 bits per heavy atom. The number of carbonyl (C=O) groups is 1. The highest BCUT2D eigenvalue weighted by atomic mass is 19.1. The van der Waals surface area contributed by atoms with Crippen LogP contribution in [-0.2, 0) is 13.1 Å². The molecule has 0 saturated heterocycles. The van der Waals surface area contributed by atoms with E-state index in [4.69, 9.17) is 0 Å². The van der Waals surface area contributed by atoms with Gasteiger partial charge in [0.1, 0.15) is 5.82 Å². The fourth-order valence-corrected chi connectivity index (χ4v) is 3.21. The normalized spacial score (nSPS) is 10.7. The molecule has 160 valence electrons. The lowest BCUT2D eigenvalue weighted by atomic mass is 10.2. The van der Waals surface area contributed by atoms with E-state index in [0.29, 0.717) is 11.3 Å². The van der Waals surface area contributed by atoms with Crippen molar-refractivity contribution in [3.05, 3.63) is 128 Å². The van der Waals surface area contributed by atoms with Crippen molar-refractivity contribution in [3.8, 4) is 5.69 Å². The lowest BCUT2D eigenvalue weighted by Gasteiger charge is -2.12. The molecule has 0 saturated carbocycles. The summed E-state index contributed by atoms with van der Waals surface area (Å²) in [5.74, 6) is -1.20. The number of nitrogens with zero attached hydrogens (tertiary/aromatic N) is 3. The van der Waals surface area contributed by atoms with Gasteiger partial charge in [0, 0.05) is 6.54 Å². The monoisotopic (exact) mass is 430 g/mol. The Morgan fingerprint density at radius 1 is 0.875 bits per heavy atom. The van der Waals surface area contributed by atoms with Crippen LogP contribution in [0.4, 0.5) is 4.39 Å². The minimum atomic E-state index is -0.850. The minimum Gasteiger partial charge on any atom is -0.346 e. The molecule has 0 aliphatic carbocycles. The molecule has 8 heteroatoms. The number of hydrogen-bond acceptors (Lipinski definition) is 4. The van der Waals surface area contributed by atoms with E-state index < -0.39 is 28.7 Å². The molecular weight excluding hydrogens is 411 g/mol. The second-order valence-electron chi connectivity index (χ2n) is 7.07. The predicted octanol–water partition coefficient (Wildman–Crippen LogP) is 2.51. The average Bonchev–Trinajstić information content (AvgIpc) is 2.81. The van der Waals surface area contributed by atoms with Gasteiger partial charge in [-0.15, -0.1) is 0 Å². The van der Waals surface area contributed by atoms with Gasteiger partial charge in [0.2, 0.25) is 5.69 Å². The van der Waals surface area contributed by atoms with Crippen LogP contribution in [0.1, 0.15) is 21.6 Å². The first-order chi connectivity index (χ1) is 15.5. The quantitative estimate of drug-likeness (QED) is 0.509. The highest BCUT2D eigenvalue weighted by Gasteiger charge is 2.20. The van der Waals surface area contributed by atoms with E-state index >= 15 is 0 Å². The molecule has 1 heterocycles. The van der Waals surface area contributed by atoms with Crippen LogP contribution >= 0.6 is 0 Å². The molecule has 32 heavy (non-hydrogen) atoms. The summed E-state index contributed by atoms with van der Waals surface area (Å²) < 4.78 is 15.5. The molecule has 0 atom stereocenters. The van der Waals surface area contributed by atoms with Gasteiger partial charge in [-0.2, -0.15) is 9.78 Å². The zero-order valence-electron chi connectivity index (χ0n) is 16.9. The summed E-state index contributed by atoms with van der Waals surface area (Å²) in [6, 6.07) is 23.2. The fraction of sp³-hybridized carbons (Fsp3) is 0.0833. The van der Waals surface area contributed by atoms with Crippen molar-refractivity contribution < 1.29 is 9.18 Å². The van der Waals surface area contributed by atoms with Crippen LogP contribution in [0.3, 0.4) is 0 Å². The summed E-state index contributed by atoms with van der Waals surface area (Å²) in [7, 11) is 0. The number of benzene rings is 3. The number of hydrogen-bond donors (Lipinski definition) is 1. The molecule has 3 aromatic carbocycles. The largest absolute Gasteiger partial charge is 0.352 e. The van der Waals surface area contributed by atoms with E-state index in [1.165, 1.54) is 18.2 Å². The van der Waals surface area contributed by atoms with E-state index in [0.717, 1.165) is 14.8 Å². The molecule has 4 rings (SSSR count). The van der Waals surface area contributed by atoms with Crippen molar-refractivity contribution in [1.29, 1.82) is 0 Å². The van der Waals surface area contributed by atoms with Gasteiger partial charge in [-0.3, -0.25) is 14.2 Å². The third-order valence-electron chi connectivity index (χ3n) is 4.80. The van der Waals surface area contributed by atoms with Crippen LogP contribution in [-0.4, -0.2) is 20.3 Å². The number of carbonyl (C=O) groups excluding carboxylic acids is 1. The second-order valence-corrected chi connectivity index (χ2v) is 7.07. The molecule has 1 N–H and O–H groups in total. The van der Waals surface area contributed by atoms with Crippen LogP contribution in [0, 0.1) is 5.82 Å². The van der Waals surface area contributed by atoms with Crippen molar-refractivity contribution in [2.24, 2.45) is 0 Å². The van der Waals surface area contributed by atoms with Gasteiger partial charge >= 0.3 is 5.69 Å². The maximum atomic E-state index is 13.6. The lowest BCUT2D eigenvalue weighted by Crippen LogP contribution is -2.46. The summed E-state index contributed by atoms with van der Waals surface area (Å²) in [5, 5.41) is 6.72. The minimum absolute atomic E-state index is 0.190. The van der Waals surface area contributed by atoms with Crippen molar-refractivity contribution >= 4 is 5.91 Å². The summed E-state index contributed by atoms with van der Waals surface area (Å²) in [6.07, 6.45) is 0. The van der Waals surface area contributed by atoms with Gasteiger partial charge in [0.05, 0.1) is 12.2 Å². The first kappa shape index (κ1) is 20.9. The number of nitrogens with one attached hydrogen (secondary N) is 1. The predicted molar refractivity (Wildman–Crippen MR) is 117 cm³/mol. The number of para-hydroxylation sites is 1. The third kappa shape index (κ3) is 4.54. The Balaban J connectivity index is 1.77. The van der Waals surface area contributed by atoms with Crippen molar-refractivity contribution in [2.45, 2.75) is 13.1 Å². The second kappa shape index (κ2) is 9.22. The van der Waals surface area contributed by atoms with Gasteiger partial charge < -0.3 is 5.32 Å². The highest BCUT2D eigenvalue weighted by molar-refractivity contribution is 5.91. The third-order valence-corrected chi connectivity index (χ3v) is 4.80. The van der Waals surface area contributed by atoms with Crippen LogP contribution in [0.5, 0.6) is 0 Å². The fourth-order valence-electron chi connectivity index (χ4n) is 3.21. The average molecular weight is 430 g/mol. The molecule has 1 aromatic heterocycles. The zero-order chi connectivity index (χ0) is 22.5. The smallest absolute Gasteiger partial charge is 0.346 e. The zero-order valence-corrected chi connectivity index (χ0v) is 16.9. The van der Waals surface area contributed by atoms with Crippen molar-refractivity contribution in [1.82, 2.24) is 19.7 Å². The highest BCUT2D eigenvalue weighted by Crippen LogP contribution is 2.06. The Morgan fingerprint density at radius 2 is 1.53 bits per heavy atom. The molecule has 0 unspecified atom stereocenters. The summed E-state index contributed by atoms with van der Waals surface area (Å²) in [5.41, 5.74) is -0.367. The summed E-state index contributed by atoms with van der Waals surface area (Å²) in [4.78, 5) is 38.9. The van der Waals surface area contributed by atoms with Gasteiger partial charge in [0.25, 0.3) is 11.5 Å². The van der Waals surface area contributed by atoms with Crippen LogP contribution in [0.25, 0.3) is 5.69 Å². The Labute approximate surface area is 182 Å². The number of rotatable bonds is 6. The SMILES string of the molecule is O=C(NCc1ccccc1)c1nn(-c2ccccc2)c(=O)n(Cc2cccc(F)c2)c1=O. The maximum absolute atomic E-state index is 13.6. The molecular formula is C24H19FN4O3. The molecule has 1 amide bonds. The summed E-state index contributed by atoms with van der Waals surface area (Å²) in [6.45, 7) is -0.0150. The van der Waals surface area contributed by atoms with Gasteiger partial charge in [-0.05, 0) is 35.4 Å². The van der Waals surface area contributed by atoms with Crippen LogP contribution in [0.2, 0.25) is 0 Å². The van der Waals surface area contributed by atoms with E-state index in [2.05, 4.69) is 10.4 Å². The van der Waals surface area contributed by atoms with Crippen molar-refractivity contribution in [3.63, 3.8) is 0 Å².